The highest BCUT2D eigenvalue weighted by Gasteiger charge is 2.31. The molecule has 0 bridgehead atoms. The number of hydrogen-bond donors (Lipinski definition) is 2. The normalized spacial score (nSPS) is 16.8. The molecule has 0 saturated carbocycles. The van der Waals surface area contributed by atoms with E-state index in [1.165, 1.54) is 4.90 Å². The number of aliphatic hydroxyl groups is 1. The summed E-state index contributed by atoms with van der Waals surface area (Å²) in [6.45, 7) is 0.232. The molecule has 0 spiro atoms. The van der Waals surface area contributed by atoms with Crippen LogP contribution in [0.15, 0.2) is 18.2 Å². The fourth-order valence-corrected chi connectivity index (χ4v) is 3.38. The Balaban J connectivity index is 2.16. The van der Waals surface area contributed by atoms with Gasteiger partial charge in [-0.2, -0.15) is 0 Å². The van der Waals surface area contributed by atoms with Gasteiger partial charge >= 0.3 is 0 Å². The van der Waals surface area contributed by atoms with Crippen molar-refractivity contribution in [2.75, 3.05) is 30.5 Å². The van der Waals surface area contributed by atoms with Crippen LogP contribution in [0.1, 0.15) is 44.1 Å². The third-order valence-electron chi connectivity index (χ3n) is 5.01. The van der Waals surface area contributed by atoms with Gasteiger partial charge in [0, 0.05) is 27.1 Å². The number of imide groups is 1. The van der Waals surface area contributed by atoms with Gasteiger partial charge in [0.05, 0.1) is 11.4 Å². The number of aryl methyl sites for hydroxylation is 1. The van der Waals surface area contributed by atoms with E-state index in [0.717, 1.165) is 55.5 Å². The summed E-state index contributed by atoms with van der Waals surface area (Å²) in [6.07, 6.45) is 6.33. The van der Waals surface area contributed by atoms with Gasteiger partial charge in [0.25, 0.3) is 0 Å². The first-order valence-electron chi connectivity index (χ1n) is 9.46. The minimum Gasteiger partial charge on any atom is -0.396 e. The van der Waals surface area contributed by atoms with Crippen LogP contribution in [-0.4, -0.2) is 50.1 Å². The van der Waals surface area contributed by atoms with E-state index in [2.05, 4.69) is 5.32 Å². The summed E-state index contributed by atoms with van der Waals surface area (Å²) >= 11 is 0. The lowest BCUT2D eigenvalue weighted by Crippen LogP contribution is -2.51. The predicted molar refractivity (Wildman–Crippen MR) is 105 cm³/mol. The summed E-state index contributed by atoms with van der Waals surface area (Å²) in [7, 11) is 3.50. The topological polar surface area (TPSA) is 90.0 Å². The van der Waals surface area contributed by atoms with E-state index in [-0.39, 0.29) is 18.4 Å². The zero-order valence-electron chi connectivity index (χ0n) is 16.1. The van der Waals surface area contributed by atoms with Gasteiger partial charge in [0.15, 0.2) is 0 Å². The van der Waals surface area contributed by atoms with Crippen LogP contribution < -0.4 is 15.1 Å². The molecule has 3 amide bonds. The Labute approximate surface area is 160 Å². The number of piperidine rings is 1. The van der Waals surface area contributed by atoms with E-state index < -0.39 is 6.04 Å². The molecule has 2 N–H and O–H groups in total. The Hall–Kier alpha value is -2.41. The molecule has 1 saturated heterocycles. The van der Waals surface area contributed by atoms with Crippen LogP contribution in [0.2, 0.25) is 0 Å². The SMILES string of the molecule is CN(C=O)c1cc(CCCCCCO)ccc1N(C)C1CCC(=O)NC1=O. The van der Waals surface area contributed by atoms with Crippen LogP contribution in [0.4, 0.5) is 11.4 Å². The molecule has 1 heterocycles. The second-order valence-electron chi connectivity index (χ2n) is 7.01. The number of aliphatic hydroxyl groups excluding tert-OH is 1. The third-order valence-corrected chi connectivity index (χ3v) is 5.01. The molecule has 0 aromatic heterocycles. The molecule has 1 fully saturated rings. The number of nitrogens with one attached hydrogen (secondary N) is 1. The summed E-state index contributed by atoms with van der Waals surface area (Å²) in [5.41, 5.74) is 2.65. The lowest BCUT2D eigenvalue weighted by atomic mass is 10.0. The third kappa shape index (κ3) is 5.53. The van der Waals surface area contributed by atoms with Gasteiger partial charge < -0.3 is 14.9 Å². The Bertz CT molecular complexity index is 677. The number of amides is 3. The van der Waals surface area contributed by atoms with Crippen molar-refractivity contribution in [2.24, 2.45) is 0 Å². The first kappa shape index (κ1) is 20.9. The summed E-state index contributed by atoms with van der Waals surface area (Å²) in [5.74, 6) is -0.548. The molecule has 27 heavy (non-hydrogen) atoms. The number of carbonyl (C=O) groups excluding carboxylic acids is 3. The molecule has 1 unspecified atom stereocenters. The highest BCUT2D eigenvalue weighted by Crippen LogP contribution is 2.32. The first-order valence-corrected chi connectivity index (χ1v) is 9.46. The Morgan fingerprint density at radius 2 is 1.89 bits per heavy atom. The van der Waals surface area contributed by atoms with E-state index in [1.54, 1.807) is 7.05 Å². The molecule has 2 rings (SSSR count). The van der Waals surface area contributed by atoms with Gasteiger partial charge in [-0.05, 0) is 43.4 Å². The maximum atomic E-state index is 12.2. The molecule has 1 aromatic carbocycles. The summed E-state index contributed by atoms with van der Waals surface area (Å²) in [6, 6.07) is 5.50. The fraction of sp³-hybridized carbons (Fsp3) is 0.550. The van der Waals surface area contributed by atoms with Crippen molar-refractivity contribution < 1.29 is 19.5 Å². The highest BCUT2D eigenvalue weighted by atomic mass is 16.3. The monoisotopic (exact) mass is 375 g/mol. The highest BCUT2D eigenvalue weighted by molar-refractivity contribution is 6.02. The van der Waals surface area contributed by atoms with Gasteiger partial charge in [-0.3, -0.25) is 19.7 Å². The maximum Gasteiger partial charge on any atom is 0.249 e. The number of hydrogen-bond acceptors (Lipinski definition) is 5. The van der Waals surface area contributed by atoms with Crippen LogP contribution in [0.3, 0.4) is 0 Å². The van der Waals surface area contributed by atoms with Gasteiger partial charge in [-0.25, -0.2) is 0 Å². The summed E-state index contributed by atoms with van der Waals surface area (Å²) in [5, 5.41) is 11.2. The number of unbranched alkanes of at least 4 members (excludes halogenated alkanes) is 3. The number of benzene rings is 1. The van der Waals surface area contributed by atoms with Crippen molar-refractivity contribution in [3.05, 3.63) is 23.8 Å². The Morgan fingerprint density at radius 1 is 1.15 bits per heavy atom. The van der Waals surface area contributed by atoms with E-state index in [9.17, 15) is 14.4 Å². The van der Waals surface area contributed by atoms with Crippen molar-refractivity contribution in [3.63, 3.8) is 0 Å². The second-order valence-corrected chi connectivity index (χ2v) is 7.01. The molecule has 1 atom stereocenters. The minimum absolute atomic E-state index is 0.232. The number of nitrogens with zero attached hydrogens (tertiary/aromatic N) is 2. The van der Waals surface area contributed by atoms with Crippen molar-refractivity contribution in [1.82, 2.24) is 5.32 Å². The van der Waals surface area contributed by atoms with E-state index >= 15 is 0 Å². The van der Waals surface area contributed by atoms with Crippen molar-refractivity contribution in [1.29, 1.82) is 0 Å². The summed E-state index contributed by atoms with van der Waals surface area (Å²) in [4.78, 5) is 38.3. The van der Waals surface area contributed by atoms with Crippen LogP contribution in [0.25, 0.3) is 0 Å². The summed E-state index contributed by atoms with van der Waals surface area (Å²) < 4.78 is 0. The van der Waals surface area contributed by atoms with E-state index in [0.29, 0.717) is 12.8 Å². The van der Waals surface area contributed by atoms with Crippen LogP contribution in [0, 0.1) is 0 Å². The van der Waals surface area contributed by atoms with Crippen LogP contribution in [-0.2, 0) is 20.8 Å². The average Bonchev–Trinajstić information content (AvgIpc) is 2.66. The molecule has 0 aliphatic carbocycles. The van der Waals surface area contributed by atoms with Gasteiger partial charge in [-0.1, -0.05) is 18.9 Å². The van der Waals surface area contributed by atoms with Crippen molar-refractivity contribution in [3.8, 4) is 0 Å². The molecule has 7 nitrogen and oxygen atoms in total. The van der Waals surface area contributed by atoms with E-state index in [1.807, 2.05) is 30.1 Å². The number of anilines is 2. The molecule has 0 radical (unpaired) electrons. The van der Waals surface area contributed by atoms with Crippen molar-refractivity contribution in [2.45, 2.75) is 51.0 Å². The Morgan fingerprint density at radius 3 is 2.56 bits per heavy atom. The quantitative estimate of drug-likeness (QED) is 0.368. The molecular formula is C20H29N3O4. The first-order chi connectivity index (χ1) is 13.0. The molecule has 7 heteroatoms. The molecule has 1 aliphatic rings. The van der Waals surface area contributed by atoms with Crippen LogP contribution in [0.5, 0.6) is 0 Å². The molecule has 1 aliphatic heterocycles. The zero-order valence-corrected chi connectivity index (χ0v) is 16.1. The standard InChI is InChI=1S/C20H29N3O4/c1-22(14-25)18-13-15(7-5-3-4-6-12-24)8-9-16(18)23(2)17-10-11-19(26)21-20(17)27/h8-9,13-14,17,24H,3-7,10-12H2,1-2H3,(H,21,26,27). The average molecular weight is 375 g/mol. The fourth-order valence-electron chi connectivity index (χ4n) is 3.38. The van der Waals surface area contributed by atoms with Crippen molar-refractivity contribution >= 4 is 29.6 Å². The van der Waals surface area contributed by atoms with E-state index in [4.69, 9.17) is 5.11 Å². The molecular weight excluding hydrogens is 346 g/mol. The second kappa shape index (κ2) is 10.1. The lowest BCUT2D eigenvalue weighted by molar-refractivity contribution is -0.134. The number of carbonyl (C=O) groups is 3. The van der Waals surface area contributed by atoms with Crippen LogP contribution >= 0.6 is 0 Å². The smallest absolute Gasteiger partial charge is 0.249 e. The van der Waals surface area contributed by atoms with Gasteiger partial charge in [0.2, 0.25) is 18.2 Å². The lowest BCUT2D eigenvalue weighted by Gasteiger charge is -2.33. The van der Waals surface area contributed by atoms with Gasteiger partial charge in [0.1, 0.15) is 6.04 Å². The number of rotatable bonds is 10. The largest absolute Gasteiger partial charge is 0.396 e. The molecule has 148 valence electrons. The maximum absolute atomic E-state index is 12.2. The predicted octanol–water partition coefficient (Wildman–Crippen LogP) is 1.62. The molecule has 1 aromatic rings. The zero-order chi connectivity index (χ0) is 19.8. The van der Waals surface area contributed by atoms with Gasteiger partial charge in [-0.15, -0.1) is 0 Å². The minimum atomic E-state index is -0.439. The Kier molecular flexibility index (Phi) is 7.79. The number of likely N-dealkylation sites (N-methyl/N-ethyl adjacent to an activating group) is 1.